The summed E-state index contributed by atoms with van der Waals surface area (Å²) in [5.74, 6) is -0.775. The quantitative estimate of drug-likeness (QED) is 0.157. The predicted octanol–water partition coefficient (Wildman–Crippen LogP) is 4.30. The average molecular weight is 1000 g/mol. The minimum atomic E-state index is -4.73. The van der Waals surface area contributed by atoms with Gasteiger partial charge in [0.2, 0.25) is 11.8 Å². The van der Waals surface area contributed by atoms with Crippen LogP contribution in [0.3, 0.4) is 0 Å². The number of piperidine rings is 3. The topological polar surface area (TPSA) is 183 Å². The van der Waals surface area contributed by atoms with E-state index in [-0.39, 0.29) is 65.9 Å². The Morgan fingerprint density at radius 3 is 2.40 bits per heavy atom. The zero-order valence-corrected chi connectivity index (χ0v) is 40.2. The highest BCUT2D eigenvalue weighted by Gasteiger charge is 2.46. The van der Waals surface area contributed by atoms with Gasteiger partial charge in [0, 0.05) is 113 Å². The first-order valence-electron chi connectivity index (χ1n) is 24.5. The molecule has 0 saturated carbocycles. The Kier molecular flexibility index (Phi) is 12.4. The second kappa shape index (κ2) is 18.9. The van der Waals surface area contributed by atoms with Gasteiger partial charge >= 0.3 is 11.9 Å². The molecule has 5 saturated heterocycles. The van der Waals surface area contributed by atoms with E-state index in [1.54, 1.807) is 46.7 Å². The van der Waals surface area contributed by atoms with E-state index in [4.69, 9.17) is 4.74 Å². The van der Waals surface area contributed by atoms with Gasteiger partial charge in [0.1, 0.15) is 18.5 Å². The Bertz CT molecular complexity index is 3190. The number of hydrogen-bond donors (Lipinski definition) is 2. The summed E-state index contributed by atoms with van der Waals surface area (Å²) >= 11 is 0. The molecule has 2 N–H and O–H groups in total. The molecule has 3 aromatic heterocycles. The number of nitrogens with one attached hydrogen (secondary N) is 1. The number of aryl methyl sites for hydroxylation is 1. The number of benzene rings is 3. The third-order valence-corrected chi connectivity index (χ3v) is 15.1. The van der Waals surface area contributed by atoms with Crippen LogP contribution in [-0.2, 0) is 40.6 Å². The SMILES string of the molecule is CN(CCOC1CCN(Cc2cc(C(F)(F)F)c3cn(-c4cccc([C@@H](O)c5nncn5C)c4)c(=O)n3c2)CC1)C(=O)c1ccc(N2C3CC2CN(c2ccc4c(c2)CN([C@H]2CCC(=O)NC2=O)C4=O)C3)cc1. The summed E-state index contributed by atoms with van der Waals surface area (Å²) in [7, 11) is 3.42. The second-order valence-electron chi connectivity index (χ2n) is 19.8. The minimum absolute atomic E-state index is 0.0824. The number of aliphatic hydroxyl groups is 1. The molecule has 0 aliphatic carbocycles. The number of pyridine rings is 1. The number of aliphatic hydroxyl groups excluding tert-OH is 1. The first kappa shape index (κ1) is 47.9. The number of ether oxygens (including phenoxy) is 1. The fourth-order valence-electron chi connectivity index (χ4n) is 11.2. The number of halogens is 3. The number of imide groups is 1. The molecule has 2 bridgehead atoms. The number of amides is 4. The van der Waals surface area contributed by atoms with Crippen molar-refractivity contribution in [3.8, 4) is 5.69 Å². The van der Waals surface area contributed by atoms with Crippen molar-refractivity contribution in [1.29, 1.82) is 0 Å². The van der Waals surface area contributed by atoms with Crippen LogP contribution in [0.1, 0.15) is 87.0 Å². The number of carbonyl (C=O) groups is 4. The third kappa shape index (κ3) is 9.13. The molecular weight excluding hydrogens is 948 g/mol. The highest BCUT2D eigenvalue weighted by Crippen LogP contribution is 2.40. The van der Waals surface area contributed by atoms with Crippen LogP contribution < -0.4 is 20.8 Å². The number of rotatable bonds is 13. The van der Waals surface area contributed by atoms with Crippen molar-refractivity contribution in [2.24, 2.45) is 7.05 Å². The van der Waals surface area contributed by atoms with Crippen LogP contribution in [0.5, 0.6) is 0 Å². The van der Waals surface area contributed by atoms with Crippen molar-refractivity contribution in [2.45, 2.75) is 81.7 Å². The lowest BCUT2D eigenvalue weighted by atomic mass is 9.86. The molecule has 6 aliphatic heterocycles. The summed E-state index contributed by atoms with van der Waals surface area (Å²) in [4.78, 5) is 74.6. The van der Waals surface area contributed by atoms with Gasteiger partial charge in [0.15, 0.2) is 5.82 Å². The molecule has 21 heteroatoms. The van der Waals surface area contributed by atoms with Gasteiger partial charge in [-0.05, 0) is 103 Å². The molecule has 6 aromatic rings. The maximum absolute atomic E-state index is 14.6. The van der Waals surface area contributed by atoms with Crippen LogP contribution in [0.2, 0.25) is 0 Å². The number of nitrogens with zero attached hydrogens (tertiary/aromatic N) is 10. The fraction of sp³-hybridized carbons (Fsp3) is 0.404. The van der Waals surface area contributed by atoms with E-state index in [1.165, 1.54) is 24.8 Å². The summed E-state index contributed by atoms with van der Waals surface area (Å²) < 4.78 is 53.6. The van der Waals surface area contributed by atoms with Crippen molar-refractivity contribution >= 4 is 40.5 Å². The maximum atomic E-state index is 14.6. The second-order valence-corrected chi connectivity index (χ2v) is 19.8. The average Bonchev–Trinajstić information content (AvgIpc) is 4.07. The van der Waals surface area contributed by atoms with Gasteiger partial charge in [-0.25, -0.2) is 4.79 Å². The van der Waals surface area contributed by atoms with Gasteiger partial charge in [-0.2, -0.15) is 13.2 Å². The Morgan fingerprint density at radius 1 is 0.932 bits per heavy atom. The first-order chi connectivity index (χ1) is 35.1. The molecule has 9 heterocycles. The number of likely N-dealkylation sites (tertiary alicyclic amines) is 1. The molecule has 18 nitrogen and oxygen atoms in total. The van der Waals surface area contributed by atoms with Gasteiger partial charge in [-0.3, -0.25) is 38.4 Å². The van der Waals surface area contributed by atoms with Crippen molar-refractivity contribution in [3.63, 3.8) is 0 Å². The number of aromatic nitrogens is 5. The fourth-order valence-corrected chi connectivity index (χ4v) is 11.2. The van der Waals surface area contributed by atoms with E-state index in [9.17, 15) is 42.3 Å². The van der Waals surface area contributed by atoms with Crippen LogP contribution in [0.4, 0.5) is 24.5 Å². The smallest absolute Gasteiger partial charge is 0.380 e. The molecule has 380 valence electrons. The molecule has 12 rings (SSSR count). The lowest BCUT2D eigenvalue weighted by Gasteiger charge is -2.58. The van der Waals surface area contributed by atoms with Crippen LogP contribution in [0, 0.1) is 0 Å². The first-order valence-corrected chi connectivity index (χ1v) is 24.5. The van der Waals surface area contributed by atoms with E-state index in [0.717, 1.165) is 51.5 Å². The number of fused-ring (bicyclic) bond motifs is 4. The Morgan fingerprint density at radius 2 is 1.68 bits per heavy atom. The van der Waals surface area contributed by atoms with E-state index in [1.807, 2.05) is 41.3 Å². The van der Waals surface area contributed by atoms with E-state index in [2.05, 4.69) is 31.4 Å². The highest BCUT2D eigenvalue weighted by molar-refractivity contribution is 6.05. The molecule has 73 heavy (non-hydrogen) atoms. The molecule has 4 atom stereocenters. The van der Waals surface area contributed by atoms with Crippen molar-refractivity contribution in [3.05, 3.63) is 141 Å². The molecule has 0 spiro atoms. The zero-order valence-electron chi connectivity index (χ0n) is 40.2. The van der Waals surface area contributed by atoms with Crippen molar-refractivity contribution in [2.75, 3.05) is 56.2 Å². The monoisotopic (exact) mass is 1000 g/mol. The third-order valence-electron chi connectivity index (χ3n) is 15.1. The molecule has 2 unspecified atom stereocenters. The number of imidazole rings is 1. The van der Waals surface area contributed by atoms with Gasteiger partial charge in [0.25, 0.3) is 11.8 Å². The predicted molar refractivity (Wildman–Crippen MR) is 260 cm³/mol. The largest absolute Gasteiger partial charge is 0.418 e. The summed E-state index contributed by atoms with van der Waals surface area (Å²) in [6.45, 7) is 3.98. The number of hydrogen-bond acceptors (Lipinski definition) is 12. The zero-order chi connectivity index (χ0) is 50.9. The Labute approximate surface area is 417 Å². The number of carbonyl (C=O) groups excluding carboxylic acids is 4. The molecule has 0 radical (unpaired) electrons. The Hall–Kier alpha value is -7.36. The summed E-state index contributed by atoms with van der Waals surface area (Å²) in [6.07, 6.45) is 0.973. The van der Waals surface area contributed by atoms with Crippen LogP contribution >= 0.6 is 0 Å². The Balaban J connectivity index is 0.649. The number of likely N-dealkylation sites (N-methyl/N-ethyl adjacent to an activating group) is 1. The summed E-state index contributed by atoms with van der Waals surface area (Å²) in [5.41, 5.74) is 3.26. The van der Waals surface area contributed by atoms with E-state index in [0.29, 0.717) is 74.3 Å². The van der Waals surface area contributed by atoms with Gasteiger partial charge in [-0.15, -0.1) is 10.2 Å². The number of piperazine rings is 1. The highest BCUT2D eigenvalue weighted by atomic mass is 19.4. The summed E-state index contributed by atoms with van der Waals surface area (Å²) in [5, 5.41) is 21.0. The lowest BCUT2D eigenvalue weighted by Crippen LogP contribution is -2.69. The van der Waals surface area contributed by atoms with Crippen molar-refractivity contribution in [1.82, 2.24) is 43.7 Å². The van der Waals surface area contributed by atoms with E-state index >= 15 is 0 Å². The standard InChI is InChI=1S/C52H54F3N11O7/c1-59(49(70)32-6-8-35(9-7-32)66-38-23-39(66)28-62(27-38)36-10-11-41-34(22-36)26-64(50(41)71)43-12-13-45(67)57-48(43)69)18-19-73-40-14-16-61(17-15-40)24-31-20-42(52(53,54)55)44-29-63(51(72)65(44)25-31)37-5-3-4-33(21-37)46(68)47-58-56-30-60(47)2/h3-11,20-22,25,29-30,38-40,43,46,68H,12-19,23-24,26-28H2,1-2H3,(H,57,67,69)/t38?,39?,43-,46+/m0/s1. The molecule has 6 aliphatic rings. The molecular formula is C52H54F3N11O7. The van der Waals surface area contributed by atoms with Gasteiger partial charge in [0.05, 0.1) is 29.5 Å². The van der Waals surface area contributed by atoms with Crippen LogP contribution in [0.25, 0.3) is 11.2 Å². The van der Waals surface area contributed by atoms with Gasteiger partial charge in [-0.1, -0.05) is 12.1 Å². The normalized spacial score (nSPS) is 20.9. The minimum Gasteiger partial charge on any atom is -0.380 e. The molecule has 4 amide bonds. The van der Waals surface area contributed by atoms with E-state index < -0.39 is 35.5 Å². The lowest BCUT2D eigenvalue weighted by molar-refractivity contribution is -0.137. The van der Waals surface area contributed by atoms with Crippen molar-refractivity contribution < 1.29 is 42.2 Å². The number of alkyl halides is 3. The summed E-state index contributed by atoms with van der Waals surface area (Å²) in [6, 6.07) is 21.0. The number of anilines is 2. The van der Waals surface area contributed by atoms with Gasteiger partial charge < -0.3 is 34.0 Å². The maximum Gasteiger partial charge on any atom is 0.418 e. The van der Waals surface area contributed by atoms with Crippen LogP contribution in [0.15, 0.2) is 96.3 Å². The molecule has 5 fully saturated rings. The van der Waals surface area contributed by atoms with Crippen LogP contribution in [-0.4, -0.2) is 138 Å². The molecule has 3 aromatic carbocycles.